The van der Waals surface area contributed by atoms with Crippen LogP contribution < -0.4 is 0 Å². The molecule has 0 N–H and O–H groups in total. The summed E-state index contributed by atoms with van der Waals surface area (Å²) in [5.41, 5.74) is -0.328. The number of benzene rings is 1. The van der Waals surface area contributed by atoms with Gasteiger partial charge in [-0.05, 0) is 23.6 Å². The topological polar surface area (TPSA) is 43.1 Å². The highest BCUT2D eigenvalue weighted by Crippen LogP contribution is 2.20. The lowest BCUT2D eigenvalue weighted by Crippen LogP contribution is -2.41. The molecule has 1 heterocycles. The minimum atomic E-state index is -1.11. The molecule has 0 saturated heterocycles. The molecule has 1 aromatic heterocycles. The monoisotopic (exact) mass is 273 g/mol. The minimum Gasteiger partial charge on any atom is -0.623 e. The largest absolute Gasteiger partial charge is 0.623 e. The second-order valence-corrected chi connectivity index (χ2v) is 5.68. The standard InChI is InChI=1S/C15H15NO2S/c1-15(2,14(17)13-9-6-10-19-13)16(18)11-12-7-4-3-5-8-12/h3-11H,1-2H3. The van der Waals surface area contributed by atoms with Crippen LogP contribution in [0.5, 0.6) is 0 Å². The lowest BCUT2D eigenvalue weighted by Gasteiger charge is -2.21. The number of hydrogen-bond donors (Lipinski definition) is 0. The maximum absolute atomic E-state index is 12.3. The molecule has 1 aromatic carbocycles. The summed E-state index contributed by atoms with van der Waals surface area (Å²) >= 11 is 1.35. The first-order valence-electron chi connectivity index (χ1n) is 5.96. The second kappa shape index (κ2) is 5.36. The van der Waals surface area contributed by atoms with E-state index in [0.29, 0.717) is 4.88 Å². The third kappa shape index (κ3) is 2.90. The fraction of sp³-hybridized carbons (Fsp3) is 0.200. The average Bonchev–Trinajstić information content (AvgIpc) is 2.92. The van der Waals surface area contributed by atoms with Gasteiger partial charge in [-0.3, -0.25) is 4.79 Å². The molecule has 4 heteroatoms. The lowest BCUT2D eigenvalue weighted by atomic mass is 9.98. The van der Waals surface area contributed by atoms with Crippen LogP contribution in [0.3, 0.4) is 0 Å². The Morgan fingerprint density at radius 3 is 2.47 bits per heavy atom. The summed E-state index contributed by atoms with van der Waals surface area (Å²) in [5, 5.41) is 14.0. The molecular weight excluding hydrogens is 258 g/mol. The van der Waals surface area contributed by atoms with Gasteiger partial charge in [0, 0.05) is 19.4 Å². The van der Waals surface area contributed by atoms with Gasteiger partial charge in [-0.25, -0.2) is 0 Å². The fourth-order valence-electron chi connectivity index (χ4n) is 1.65. The highest BCUT2D eigenvalue weighted by Gasteiger charge is 2.37. The van der Waals surface area contributed by atoms with Crippen LogP contribution in [0.2, 0.25) is 0 Å². The molecule has 0 aliphatic carbocycles. The molecule has 98 valence electrons. The Morgan fingerprint density at radius 1 is 1.21 bits per heavy atom. The summed E-state index contributed by atoms with van der Waals surface area (Å²) in [7, 11) is 0. The van der Waals surface area contributed by atoms with E-state index in [1.165, 1.54) is 17.6 Å². The van der Waals surface area contributed by atoms with Crippen molar-refractivity contribution in [2.24, 2.45) is 0 Å². The van der Waals surface area contributed by atoms with Gasteiger partial charge in [-0.1, -0.05) is 24.3 Å². The van der Waals surface area contributed by atoms with Gasteiger partial charge in [0.05, 0.1) is 4.88 Å². The summed E-state index contributed by atoms with van der Waals surface area (Å²) in [4.78, 5) is 12.9. The van der Waals surface area contributed by atoms with Crippen molar-refractivity contribution in [1.29, 1.82) is 0 Å². The molecule has 2 rings (SSSR count). The molecule has 0 spiro atoms. The predicted octanol–water partition coefficient (Wildman–Crippen LogP) is 3.34. The maximum atomic E-state index is 12.3. The van der Waals surface area contributed by atoms with Crippen molar-refractivity contribution in [1.82, 2.24) is 0 Å². The van der Waals surface area contributed by atoms with E-state index >= 15 is 0 Å². The summed E-state index contributed by atoms with van der Waals surface area (Å²) in [6.45, 7) is 3.28. The van der Waals surface area contributed by atoms with E-state index in [2.05, 4.69) is 0 Å². The zero-order chi connectivity index (χ0) is 13.9. The highest BCUT2D eigenvalue weighted by atomic mass is 32.1. The van der Waals surface area contributed by atoms with Crippen molar-refractivity contribution >= 4 is 23.3 Å². The van der Waals surface area contributed by atoms with E-state index in [9.17, 15) is 10.0 Å². The lowest BCUT2D eigenvalue weighted by molar-refractivity contribution is -0.515. The molecule has 0 radical (unpaired) electrons. The van der Waals surface area contributed by atoms with E-state index in [1.807, 2.05) is 41.8 Å². The third-order valence-electron chi connectivity index (χ3n) is 2.92. The molecule has 2 aromatic rings. The number of nitrogens with zero attached hydrogens (tertiary/aromatic N) is 1. The number of thiophene rings is 1. The van der Waals surface area contributed by atoms with Crippen molar-refractivity contribution in [3.8, 4) is 0 Å². The van der Waals surface area contributed by atoms with Crippen molar-refractivity contribution in [3.05, 3.63) is 63.5 Å². The second-order valence-electron chi connectivity index (χ2n) is 4.73. The SMILES string of the molecule is CC(C)(C(=O)c1cccs1)[N+]([O-])=Cc1ccccc1. The van der Waals surface area contributed by atoms with Crippen LogP contribution >= 0.6 is 11.3 Å². The Balaban J connectivity index is 2.29. The summed E-state index contributed by atoms with van der Waals surface area (Å²) in [6.07, 6.45) is 1.45. The summed E-state index contributed by atoms with van der Waals surface area (Å²) < 4.78 is 0.727. The zero-order valence-electron chi connectivity index (χ0n) is 10.9. The molecule has 3 nitrogen and oxygen atoms in total. The van der Waals surface area contributed by atoms with Gasteiger partial charge in [0.2, 0.25) is 11.3 Å². The van der Waals surface area contributed by atoms with E-state index in [1.54, 1.807) is 19.9 Å². The van der Waals surface area contributed by atoms with E-state index in [4.69, 9.17) is 0 Å². The molecule has 0 saturated carbocycles. The Labute approximate surface area is 116 Å². The Kier molecular flexibility index (Phi) is 3.81. The van der Waals surface area contributed by atoms with Gasteiger partial charge in [-0.2, -0.15) is 4.74 Å². The summed E-state index contributed by atoms with van der Waals surface area (Å²) in [5.74, 6) is -0.162. The van der Waals surface area contributed by atoms with E-state index in [-0.39, 0.29) is 5.78 Å². The first-order valence-corrected chi connectivity index (χ1v) is 6.84. The molecule has 0 bridgehead atoms. The van der Waals surface area contributed by atoms with Crippen LogP contribution in [0.4, 0.5) is 0 Å². The predicted molar refractivity (Wildman–Crippen MR) is 78.0 cm³/mol. The zero-order valence-corrected chi connectivity index (χ0v) is 11.7. The van der Waals surface area contributed by atoms with Crippen LogP contribution in [-0.2, 0) is 0 Å². The van der Waals surface area contributed by atoms with Gasteiger partial charge < -0.3 is 5.21 Å². The van der Waals surface area contributed by atoms with Crippen molar-refractivity contribution < 1.29 is 9.53 Å². The Hall–Kier alpha value is -1.94. The fourth-order valence-corrected chi connectivity index (χ4v) is 2.46. The van der Waals surface area contributed by atoms with Crippen molar-refractivity contribution in [2.75, 3.05) is 0 Å². The normalized spacial score (nSPS) is 12.4. The maximum Gasteiger partial charge on any atom is 0.243 e. The van der Waals surface area contributed by atoms with Crippen molar-refractivity contribution in [3.63, 3.8) is 0 Å². The molecule has 19 heavy (non-hydrogen) atoms. The molecule has 0 amide bonds. The van der Waals surface area contributed by atoms with Crippen LogP contribution in [0, 0.1) is 5.21 Å². The van der Waals surface area contributed by atoms with Gasteiger partial charge in [0.15, 0.2) is 6.21 Å². The number of rotatable bonds is 4. The van der Waals surface area contributed by atoms with Gasteiger partial charge >= 0.3 is 0 Å². The Bertz CT molecular complexity index is 586. The van der Waals surface area contributed by atoms with Crippen molar-refractivity contribution in [2.45, 2.75) is 19.4 Å². The van der Waals surface area contributed by atoms with Crippen LogP contribution in [0.15, 0.2) is 47.8 Å². The highest BCUT2D eigenvalue weighted by molar-refractivity contribution is 7.12. The van der Waals surface area contributed by atoms with Gasteiger partial charge in [0.1, 0.15) is 0 Å². The number of hydrogen-bond acceptors (Lipinski definition) is 3. The molecule has 0 aliphatic rings. The number of carbonyl (C=O) groups excluding carboxylic acids is 1. The Morgan fingerprint density at radius 2 is 1.89 bits per heavy atom. The number of Topliss-reactive ketones (excluding diaryl/α,β-unsaturated/α-hetero) is 1. The molecule has 0 fully saturated rings. The van der Waals surface area contributed by atoms with Crippen LogP contribution in [0.25, 0.3) is 0 Å². The third-order valence-corrected chi connectivity index (χ3v) is 3.79. The summed E-state index contributed by atoms with van der Waals surface area (Å²) in [6, 6.07) is 12.8. The number of ketones is 1. The first-order chi connectivity index (χ1) is 9.01. The number of carbonyl (C=O) groups is 1. The van der Waals surface area contributed by atoms with E-state index in [0.717, 1.165) is 10.3 Å². The molecule has 0 aliphatic heterocycles. The smallest absolute Gasteiger partial charge is 0.243 e. The average molecular weight is 273 g/mol. The van der Waals surface area contributed by atoms with Crippen LogP contribution in [0.1, 0.15) is 29.1 Å². The quantitative estimate of drug-likeness (QED) is 0.282. The van der Waals surface area contributed by atoms with Crippen LogP contribution in [-0.4, -0.2) is 22.3 Å². The molecule has 0 unspecified atom stereocenters. The first kappa shape index (κ1) is 13.5. The number of hydroxylamine groups is 1. The molecular formula is C15H15NO2S. The minimum absolute atomic E-state index is 0.162. The molecule has 0 atom stereocenters. The van der Waals surface area contributed by atoms with Gasteiger partial charge in [0.25, 0.3) is 0 Å². The van der Waals surface area contributed by atoms with Gasteiger partial charge in [-0.15, -0.1) is 11.3 Å². The van der Waals surface area contributed by atoms with E-state index < -0.39 is 5.54 Å².